The molecule has 0 amide bonds. The Morgan fingerprint density at radius 3 is 2.39 bits per heavy atom. The second kappa shape index (κ2) is 6.83. The minimum absolute atomic E-state index is 0.0439. The summed E-state index contributed by atoms with van der Waals surface area (Å²) < 4.78 is 5.31. The minimum atomic E-state index is -1.38. The summed E-state index contributed by atoms with van der Waals surface area (Å²) in [6.45, 7) is 3.39. The molecule has 0 bridgehead atoms. The molecule has 6 atom stereocenters. The molecule has 0 unspecified atom stereocenters. The molecule has 1 rings (SSSR count). The number of thioether (sulfide) groups is 1. The van der Waals surface area contributed by atoms with Crippen molar-refractivity contribution in [1.29, 1.82) is 5.41 Å². The van der Waals surface area contributed by atoms with Crippen molar-refractivity contribution in [3.05, 3.63) is 0 Å². The predicted octanol–water partition coefficient (Wildman–Crippen LogP) is -0.457. The number of hydrogen-bond acceptors (Lipinski definition) is 7. The summed E-state index contributed by atoms with van der Waals surface area (Å²) in [6.07, 6.45) is -4.12. The Hall–Kier alpha value is -0.180. The molecule has 6 nitrogen and oxygen atoms in total. The molecule has 1 fully saturated rings. The van der Waals surface area contributed by atoms with Crippen molar-refractivity contribution >= 4 is 16.8 Å². The lowest BCUT2D eigenvalue weighted by Crippen LogP contribution is -2.57. The first-order valence-corrected chi connectivity index (χ1v) is 6.85. The Labute approximate surface area is 110 Å². The van der Waals surface area contributed by atoms with E-state index in [0.29, 0.717) is 5.04 Å². The van der Waals surface area contributed by atoms with Gasteiger partial charge in [-0.2, -0.15) is 0 Å². The van der Waals surface area contributed by atoms with Gasteiger partial charge in [0.2, 0.25) is 0 Å². The van der Waals surface area contributed by atoms with Crippen LogP contribution in [-0.4, -0.2) is 61.9 Å². The third-order valence-electron chi connectivity index (χ3n) is 3.15. The van der Waals surface area contributed by atoms with Crippen LogP contribution in [0.25, 0.3) is 0 Å². The third kappa shape index (κ3) is 3.43. The zero-order valence-electron chi connectivity index (χ0n) is 10.5. The van der Waals surface area contributed by atoms with Crippen molar-refractivity contribution in [1.82, 2.24) is 0 Å². The molecule has 0 saturated carbocycles. The smallest absolute Gasteiger partial charge is 0.137 e. The monoisotopic (exact) mass is 279 g/mol. The van der Waals surface area contributed by atoms with Gasteiger partial charge in [-0.15, -0.1) is 0 Å². The molecule has 1 saturated heterocycles. The lowest BCUT2D eigenvalue weighted by atomic mass is 10.0. The first kappa shape index (κ1) is 15.9. The fourth-order valence-corrected chi connectivity index (χ4v) is 2.74. The molecule has 1 aliphatic rings. The summed E-state index contributed by atoms with van der Waals surface area (Å²) in [4.78, 5) is 0. The van der Waals surface area contributed by atoms with Gasteiger partial charge in [-0.05, 0) is 6.42 Å². The van der Waals surface area contributed by atoms with Gasteiger partial charge >= 0.3 is 0 Å². The molecule has 0 spiro atoms. The van der Waals surface area contributed by atoms with Crippen LogP contribution in [0.2, 0.25) is 0 Å². The van der Waals surface area contributed by atoms with Gasteiger partial charge in [0.1, 0.15) is 29.9 Å². The van der Waals surface area contributed by atoms with Crippen molar-refractivity contribution in [2.75, 3.05) is 6.61 Å². The average Bonchev–Trinajstić information content (AvgIpc) is 2.38. The van der Waals surface area contributed by atoms with E-state index in [1.54, 1.807) is 0 Å². The quantitative estimate of drug-likeness (QED) is 0.351. The van der Waals surface area contributed by atoms with E-state index in [-0.39, 0.29) is 5.92 Å². The lowest BCUT2D eigenvalue weighted by Gasteiger charge is -2.39. The summed E-state index contributed by atoms with van der Waals surface area (Å²) in [5, 5.41) is 46.2. The lowest BCUT2D eigenvalue weighted by molar-refractivity contribution is -0.205. The molecular formula is C11H21NO5S. The van der Waals surface area contributed by atoms with E-state index in [4.69, 9.17) is 15.3 Å². The molecule has 1 heterocycles. The average molecular weight is 279 g/mol. The topological polar surface area (TPSA) is 114 Å². The zero-order chi connectivity index (χ0) is 13.9. The molecule has 0 radical (unpaired) electrons. The van der Waals surface area contributed by atoms with E-state index in [0.717, 1.165) is 18.2 Å². The largest absolute Gasteiger partial charge is 0.394 e. The standard InChI is InChI=1S/C11H21NO5S/c1-3-5(2)10(12)18-11-9(16)8(15)7(14)6(4-13)17-11/h5-9,11-16H,3-4H2,1-2H3/t5-,6-,7-,8+,9-,11+/m1/s1. The highest BCUT2D eigenvalue weighted by Crippen LogP contribution is 2.30. The third-order valence-corrected chi connectivity index (χ3v) is 4.43. The van der Waals surface area contributed by atoms with Crippen LogP contribution < -0.4 is 0 Å². The fourth-order valence-electron chi connectivity index (χ4n) is 1.59. The van der Waals surface area contributed by atoms with Crippen LogP contribution in [0.3, 0.4) is 0 Å². The Morgan fingerprint density at radius 2 is 1.89 bits per heavy atom. The number of aliphatic hydroxyl groups is 4. The van der Waals surface area contributed by atoms with Gasteiger partial charge in [0.15, 0.2) is 0 Å². The van der Waals surface area contributed by atoms with Crippen LogP contribution >= 0.6 is 11.8 Å². The van der Waals surface area contributed by atoms with Crippen LogP contribution in [0.15, 0.2) is 0 Å². The normalized spacial score (nSPS) is 38.4. The second-order valence-electron chi connectivity index (χ2n) is 4.49. The Bertz CT molecular complexity index is 289. The van der Waals surface area contributed by atoms with E-state index >= 15 is 0 Å². The fraction of sp³-hybridized carbons (Fsp3) is 0.909. The van der Waals surface area contributed by atoms with Gasteiger partial charge in [-0.3, -0.25) is 5.41 Å². The highest BCUT2D eigenvalue weighted by molar-refractivity contribution is 8.14. The van der Waals surface area contributed by atoms with Crippen molar-refractivity contribution < 1.29 is 25.2 Å². The Morgan fingerprint density at radius 1 is 1.28 bits per heavy atom. The molecule has 7 heteroatoms. The summed E-state index contributed by atoms with van der Waals surface area (Å²) in [5.74, 6) is 0.0439. The summed E-state index contributed by atoms with van der Waals surface area (Å²) >= 11 is 1.02. The van der Waals surface area contributed by atoms with Crippen molar-refractivity contribution in [3.8, 4) is 0 Å². The first-order chi connectivity index (χ1) is 8.42. The SMILES string of the molecule is CC[C@@H](C)C(=N)S[C@@H]1O[C@H](CO)[C@@H](O)[C@H](O)[C@H]1O. The van der Waals surface area contributed by atoms with Gasteiger partial charge in [0.25, 0.3) is 0 Å². The highest BCUT2D eigenvalue weighted by Gasteiger charge is 2.44. The second-order valence-corrected chi connectivity index (χ2v) is 5.63. The van der Waals surface area contributed by atoms with Crippen LogP contribution in [0.1, 0.15) is 20.3 Å². The Kier molecular flexibility index (Phi) is 6.03. The van der Waals surface area contributed by atoms with Crippen molar-refractivity contribution in [2.45, 2.75) is 50.1 Å². The molecule has 0 aromatic carbocycles. The van der Waals surface area contributed by atoms with Gasteiger partial charge in [0, 0.05) is 5.92 Å². The molecular weight excluding hydrogens is 258 g/mol. The van der Waals surface area contributed by atoms with E-state index in [1.807, 2.05) is 13.8 Å². The molecule has 0 aromatic rings. The van der Waals surface area contributed by atoms with Crippen LogP contribution in [0, 0.1) is 11.3 Å². The summed E-state index contributed by atoms with van der Waals surface area (Å²) in [6, 6.07) is 0. The maximum absolute atomic E-state index is 9.79. The maximum Gasteiger partial charge on any atom is 0.137 e. The molecule has 5 N–H and O–H groups in total. The van der Waals surface area contributed by atoms with Crippen molar-refractivity contribution in [3.63, 3.8) is 0 Å². The molecule has 0 aliphatic carbocycles. The molecule has 0 aromatic heterocycles. The van der Waals surface area contributed by atoms with E-state index < -0.39 is 36.5 Å². The highest BCUT2D eigenvalue weighted by atomic mass is 32.2. The number of nitrogens with one attached hydrogen (secondary N) is 1. The molecule has 1 aliphatic heterocycles. The van der Waals surface area contributed by atoms with Crippen LogP contribution in [-0.2, 0) is 4.74 Å². The Balaban J connectivity index is 2.67. The molecule has 106 valence electrons. The number of aliphatic hydroxyl groups excluding tert-OH is 4. The van der Waals surface area contributed by atoms with Crippen LogP contribution in [0.5, 0.6) is 0 Å². The number of ether oxygens (including phenoxy) is 1. The number of rotatable bonds is 4. The van der Waals surface area contributed by atoms with Gasteiger partial charge < -0.3 is 25.2 Å². The van der Waals surface area contributed by atoms with Crippen LogP contribution in [0.4, 0.5) is 0 Å². The van der Waals surface area contributed by atoms with E-state index in [1.165, 1.54) is 0 Å². The van der Waals surface area contributed by atoms with Gasteiger partial charge in [-0.1, -0.05) is 25.6 Å². The number of hydrogen-bond donors (Lipinski definition) is 5. The van der Waals surface area contributed by atoms with E-state index in [2.05, 4.69) is 0 Å². The van der Waals surface area contributed by atoms with Gasteiger partial charge in [0.05, 0.1) is 11.7 Å². The zero-order valence-corrected chi connectivity index (χ0v) is 11.3. The van der Waals surface area contributed by atoms with Gasteiger partial charge in [-0.25, -0.2) is 0 Å². The predicted molar refractivity (Wildman–Crippen MR) is 68.5 cm³/mol. The minimum Gasteiger partial charge on any atom is -0.394 e. The summed E-state index contributed by atoms with van der Waals surface area (Å²) in [5.41, 5.74) is -0.845. The van der Waals surface area contributed by atoms with Crippen molar-refractivity contribution in [2.24, 2.45) is 5.92 Å². The first-order valence-electron chi connectivity index (χ1n) is 5.98. The van der Waals surface area contributed by atoms with E-state index in [9.17, 15) is 15.3 Å². The summed E-state index contributed by atoms with van der Waals surface area (Å²) in [7, 11) is 0. The maximum atomic E-state index is 9.79. The molecule has 18 heavy (non-hydrogen) atoms.